The molecular weight excluding hydrogens is 306 g/mol. The van der Waals surface area contributed by atoms with Crippen molar-refractivity contribution in [3.8, 4) is 0 Å². The van der Waals surface area contributed by atoms with Crippen LogP contribution in [-0.2, 0) is 6.54 Å². The lowest BCUT2D eigenvalue weighted by Gasteiger charge is -2.22. The highest BCUT2D eigenvalue weighted by atomic mass is 16.3. The van der Waals surface area contributed by atoms with Crippen molar-refractivity contribution in [2.75, 3.05) is 0 Å². The fraction of sp³-hybridized carbons (Fsp3) is 0.389. The van der Waals surface area contributed by atoms with Crippen LogP contribution in [0.4, 0.5) is 0 Å². The van der Waals surface area contributed by atoms with Crippen LogP contribution in [0.2, 0.25) is 0 Å². The van der Waals surface area contributed by atoms with E-state index in [9.17, 15) is 9.59 Å². The van der Waals surface area contributed by atoms with Crippen LogP contribution in [0.1, 0.15) is 58.7 Å². The Balaban J connectivity index is 1.60. The highest BCUT2D eigenvalue weighted by Gasteiger charge is 2.18. The monoisotopic (exact) mass is 327 g/mol. The molecule has 2 amide bonds. The van der Waals surface area contributed by atoms with E-state index in [0.29, 0.717) is 11.3 Å². The molecule has 1 aliphatic rings. The number of hydrogen-bond donors (Lipinski definition) is 2. The van der Waals surface area contributed by atoms with Crippen molar-refractivity contribution in [3.63, 3.8) is 0 Å². The molecule has 0 radical (unpaired) electrons. The quantitative estimate of drug-likeness (QED) is 0.884. The first-order valence-electron chi connectivity index (χ1n) is 8.30. The number of aromatic nitrogens is 1. The van der Waals surface area contributed by atoms with Gasteiger partial charge in [-0.15, -0.1) is 0 Å². The molecule has 2 N–H and O–H groups in total. The maximum atomic E-state index is 12.3. The molecule has 2 aromatic rings. The van der Waals surface area contributed by atoms with Crippen LogP contribution < -0.4 is 10.6 Å². The van der Waals surface area contributed by atoms with Gasteiger partial charge in [0.2, 0.25) is 0 Å². The second-order valence-corrected chi connectivity index (χ2v) is 6.00. The van der Waals surface area contributed by atoms with Crippen LogP contribution in [0.3, 0.4) is 0 Å². The van der Waals surface area contributed by atoms with E-state index in [0.717, 1.165) is 25.7 Å². The van der Waals surface area contributed by atoms with E-state index in [-0.39, 0.29) is 30.1 Å². The number of carbonyl (C=O) groups excluding carboxylic acids is 2. The first-order chi connectivity index (χ1) is 11.7. The van der Waals surface area contributed by atoms with E-state index >= 15 is 0 Å². The van der Waals surface area contributed by atoms with Crippen molar-refractivity contribution < 1.29 is 14.0 Å². The van der Waals surface area contributed by atoms with Crippen molar-refractivity contribution in [1.82, 2.24) is 15.6 Å². The van der Waals surface area contributed by atoms with E-state index in [1.165, 1.54) is 18.7 Å². The van der Waals surface area contributed by atoms with Gasteiger partial charge in [0, 0.05) is 17.8 Å². The average Bonchev–Trinajstić information content (AvgIpc) is 3.14. The van der Waals surface area contributed by atoms with E-state index in [1.807, 2.05) is 0 Å². The molecule has 0 unspecified atom stereocenters. The van der Waals surface area contributed by atoms with Gasteiger partial charge >= 0.3 is 0 Å². The molecule has 1 saturated carbocycles. The molecule has 0 saturated heterocycles. The van der Waals surface area contributed by atoms with Crippen molar-refractivity contribution in [2.24, 2.45) is 0 Å². The lowest BCUT2D eigenvalue weighted by Crippen LogP contribution is -2.36. The van der Waals surface area contributed by atoms with Crippen LogP contribution in [0.15, 0.2) is 41.1 Å². The molecule has 3 rings (SSSR count). The van der Waals surface area contributed by atoms with E-state index in [4.69, 9.17) is 4.42 Å². The van der Waals surface area contributed by atoms with Crippen LogP contribution in [0, 0.1) is 0 Å². The summed E-state index contributed by atoms with van der Waals surface area (Å²) < 4.78 is 5.17. The zero-order chi connectivity index (χ0) is 16.8. The zero-order valence-corrected chi connectivity index (χ0v) is 13.5. The Kier molecular flexibility index (Phi) is 5.25. The molecule has 0 aliphatic heterocycles. The molecule has 126 valence electrons. The molecule has 0 aromatic carbocycles. The normalized spacial score (nSPS) is 15.0. The van der Waals surface area contributed by atoms with Crippen molar-refractivity contribution in [3.05, 3.63) is 53.7 Å². The molecule has 0 atom stereocenters. The third kappa shape index (κ3) is 4.22. The average molecular weight is 327 g/mol. The minimum atomic E-state index is -0.335. The third-order valence-electron chi connectivity index (χ3n) is 4.20. The lowest BCUT2D eigenvalue weighted by atomic mass is 9.95. The van der Waals surface area contributed by atoms with Gasteiger partial charge in [0.05, 0.1) is 12.8 Å². The van der Waals surface area contributed by atoms with Crippen LogP contribution in [0.25, 0.3) is 0 Å². The summed E-state index contributed by atoms with van der Waals surface area (Å²) in [4.78, 5) is 28.6. The topological polar surface area (TPSA) is 84.2 Å². The first-order valence-corrected chi connectivity index (χ1v) is 8.30. The Morgan fingerprint density at radius 1 is 1.17 bits per heavy atom. The molecule has 0 bridgehead atoms. The zero-order valence-electron chi connectivity index (χ0n) is 13.5. The van der Waals surface area contributed by atoms with Gasteiger partial charge in [0.25, 0.3) is 11.8 Å². The summed E-state index contributed by atoms with van der Waals surface area (Å²) in [5, 5.41) is 5.76. The van der Waals surface area contributed by atoms with Gasteiger partial charge in [0.15, 0.2) is 0 Å². The maximum Gasteiger partial charge on any atom is 0.270 e. The number of nitrogens with zero attached hydrogens (tertiary/aromatic N) is 1. The Bertz CT molecular complexity index is 691. The van der Waals surface area contributed by atoms with Crippen molar-refractivity contribution in [1.29, 1.82) is 0 Å². The standard InChI is InChI=1S/C18H21N3O3/c22-17(21-14-5-2-1-3-6-14)13-8-9-19-16(11-13)18(23)20-12-15-7-4-10-24-15/h4,7-11,14H,1-3,5-6,12H2,(H,20,23)(H,21,22). The van der Waals surface area contributed by atoms with Crippen LogP contribution in [-0.4, -0.2) is 22.8 Å². The Morgan fingerprint density at radius 2 is 2.00 bits per heavy atom. The predicted octanol–water partition coefficient (Wildman–Crippen LogP) is 2.67. The SMILES string of the molecule is O=C(NC1CCCCC1)c1ccnc(C(=O)NCc2ccco2)c1. The van der Waals surface area contributed by atoms with E-state index < -0.39 is 0 Å². The predicted molar refractivity (Wildman–Crippen MR) is 88.5 cm³/mol. The summed E-state index contributed by atoms with van der Waals surface area (Å²) in [5.74, 6) is 0.178. The van der Waals surface area contributed by atoms with Crippen LogP contribution in [0.5, 0.6) is 0 Å². The molecule has 2 aromatic heterocycles. The van der Waals surface area contributed by atoms with E-state index in [1.54, 1.807) is 24.5 Å². The number of carbonyl (C=O) groups is 2. The fourth-order valence-electron chi connectivity index (χ4n) is 2.88. The Morgan fingerprint density at radius 3 is 2.75 bits per heavy atom. The Labute approximate surface area is 140 Å². The summed E-state index contributed by atoms with van der Waals surface area (Å²) in [6.45, 7) is 0.284. The first kappa shape index (κ1) is 16.2. The van der Waals surface area contributed by atoms with Crippen molar-refractivity contribution >= 4 is 11.8 Å². The third-order valence-corrected chi connectivity index (χ3v) is 4.20. The number of pyridine rings is 1. The summed E-state index contributed by atoms with van der Waals surface area (Å²) in [7, 11) is 0. The van der Waals surface area contributed by atoms with Gasteiger partial charge in [-0.1, -0.05) is 19.3 Å². The molecule has 6 nitrogen and oxygen atoms in total. The lowest BCUT2D eigenvalue weighted by molar-refractivity contribution is 0.0927. The largest absolute Gasteiger partial charge is 0.467 e. The summed E-state index contributed by atoms with van der Waals surface area (Å²) in [6, 6.07) is 6.92. The molecule has 2 heterocycles. The summed E-state index contributed by atoms with van der Waals surface area (Å²) in [5.41, 5.74) is 0.677. The molecule has 1 fully saturated rings. The van der Waals surface area contributed by atoms with Gasteiger partial charge in [-0.3, -0.25) is 14.6 Å². The van der Waals surface area contributed by atoms with Gasteiger partial charge in [-0.05, 0) is 37.1 Å². The highest BCUT2D eigenvalue weighted by Crippen LogP contribution is 2.18. The maximum absolute atomic E-state index is 12.3. The van der Waals surface area contributed by atoms with Gasteiger partial charge in [0.1, 0.15) is 11.5 Å². The molecule has 0 spiro atoms. The minimum absolute atomic E-state index is 0.149. The van der Waals surface area contributed by atoms with Gasteiger partial charge < -0.3 is 15.1 Å². The molecule has 6 heteroatoms. The molecular formula is C18H21N3O3. The smallest absolute Gasteiger partial charge is 0.270 e. The van der Waals surface area contributed by atoms with E-state index in [2.05, 4.69) is 15.6 Å². The number of amides is 2. The van der Waals surface area contributed by atoms with Gasteiger partial charge in [-0.2, -0.15) is 0 Å². The summed E-state index contributed by atoms with van der Waals surface area (Å²) >= 11 is 0. The second-order valence-electron chi connectivity index (χ2n) is 6.00. The number of nitrogens with one attached hydrogen (secondary N) is 2. The highest BCUT2D eigenvalue weighted by molar-refractivity contribution is 5.98. The summed E-state index contributed by atoms with van der Waals surface area (Å²) in [6.07, 6.45) is 8.62. The number of furan rings is 1. The molecule has 24 heavy (non-hydrogen) atoms. The Hall–Kier alpha value is -2.63. The number of hydrogen-bond acceptors (Lipinski definition) is 4. The minimum Gasteiger partial charge on any atom is -0.467 e. The van der Waals surface area contributed by atoms with Gasteiger partial charge in [-0.25, -0.2) is 0 Å². The number of rotatable bonds is 5. The fourth-order valence-corrected chi connectivity index (χ4v) is 2.88. The van der Waals surface area contributed by atoms with Crippen LogP contribution >= 0.6 is 0 Å². The second kappa shape index (κ2) is 7.77. The molecule has 1 aliphatic carbocycles. The van der Waals surface area contributed by atoms with Crippen molar-refractivity contribution in [2.45, 2.75) is 44.7 Å².